The molecule has 1 rings (SSSR count). The number of alkyl halides is 3. The molecule has 1 heterocycles. The van der Waals surface area contributed by atoms with Gasteiger partial charge in [-0.3, -0.25) is 5.10 Å². The standard InChI is InChI=1S/C4H3F3IN3/c5-4(6,7)2-1(8)3(9)11-10-2/h(H3,9,10,11). The fourth-order valence-electron chi connectivity index (χ4n) is 0.530. The van der Waals surface area contributed by atoms with Crippen molar-refractivity contribution in [2.45, 2.75) is 6.18 Å². The molecule has 0 unspecified atom stereocenters. The zero-order valence-electron chi connectivity index (χ0n) is 5.04. The molecule has 0 atom stereocenters. The van der Waals surface area contributed by atoms with Crippen molar-refractivity contribution in [1.82, 2.24) is 10.2 Å². The van der Waals surface area contributed by atoms with E-state index in [2.05, 4.69) is 5.10 Å². The molecule has 0 bridgehead atoms. The summed E-state index contributed by atoms with van der Waals surface area (Å²) < 4.78 is 35.7. The number of nitrogens with two attached hydrogens (primary N) is 1. The summed E-state index contributed by atoms with van der Waals surface area (Å²) in [4.78, 5) is 0. The van der Waals surface area contributed by atoms with E-state index in [0.717, 1.165) is 0 Å². The third-order valence-electron chi connectivity index (χ3n) is 1.02. The van der Waals surface area contributed by atoms with E-state index in [9.17, 15) is 13.2 Å². The van der Waals surface area contributed by atoms with E-state index in [-0.39, 0.29) is 9.39 Å². The molecule has 0 fully saturated rings. The molecule has 0 amide bonds. The summed E-state index contributed by atoms with van der Waals surface area (Å²) in [5, 5.41) is 5.01. The van der Waals surface area contributed by atoms with Gasteiger partial charge in [0.25, 0.3) is 0 Å². The van der Waals surface area contributed by atoms with Gasteiger partial charge >= 0.3 is 6.18 Å². The van der Waals surface area contributed by atoms with Crippen molar-refractivity contribution in [2.24, 2.45) is 0 Å². The Bertz CT molecular complexity index is 266. The minimum Gasteiger partial charge on any atom is -0.381 e. The van der Waals surface area contributed by atoms with Crippen LogP contribution in [0.1, 0.15) is 5.69 Å². The van der Waals surface area contributed by atoms with E-state index in [1.165, 1.54) is 22.6 Å². The predicted molar refractivity (Wildman–Crippen MR) is 40.7 cm³/mol. The maximum atomic E-state index is 11.9. The molecule has 0 saturated heterocycles. The molecule has 0 radical (unpaired) electrons. The number of hydrogen-bond acceptors (Lipinski definition) is 2. The monoisotopic (exact) mass is 277 g/mol. The first-order valence-corrected chi connectivity index (χ1v) is 3.57. The Morgan fingerprint density at radius 1 is 1.45 bits per heavy atom. The van der Waals surface area contributed by atoms with E-state index >= 15 is 0 Å². The zero-order chi connectivity index (χ0) is 8.65. The Labute approximate surface area is 73.3 Å². The number of aromatic nitrogens is 2. The van der Waals surface area contributed by atoms with Crippen molar-refractivity contribution in [1.29, 1.82) is 0 Å². The first kappa shape index (κ1) is 8.62. The number of rotatable bonds is 0. The second kappa shape index (κ2) is 2.54. The summed E-state index contributed by atoms with van der Waals surface area (Å²) in [5.41, 5.74) is 4.19. The van der Waals surface area contributed by atoms with Crippen LogP contribution in [-0.2, 0) is 6.18 Å². The average molecular weight is 277 g/mol. The van der Waals surface area contributed by atoms with Crippen molar-refractivity contribution < 1.29 is 13.2 Å². The Kier molecular flexibility index (Phi) is 1.99. The van der Waals surface area contributed by atoms with Gasteiger partial charge in [-0.05, 0) is 22.6 Å². The van der Waals surface area contributed by atoms with Gasteiger partial charge in [-0.1, -0.05) is 0 Å². The number of anilines is 1. The molecule has 0 aliphatic rings. The van der Waals surface area contributed by atoms with Crippen molar-refractivity contribution in [3.05, 3.63) is 9.26 Å². The predicted octanol–water partition coefficient (Wildman–Crippen LogP) is 1.62. The molecule has 11 heavy (non-hydrogen) atoms. The number of hydrogen-bond donors (Lipinski definition) is 2. The Morgan fingerprint density at radius 3 is 2.18 bits per heavy atom. The van der Waals surface area contributed by atoms with Gasteiger partial charge in [-0.15, -0.1) is 0 Å². The lowest BCUT2D eigenvalue weighted by Crippen LogP contribution is -2.07. The number of aromatic amines is 1. The maximum absolute atomic E-state index is 11.9. The Hall–Kier alpha value is -0.470. The van der Waals surface area contributed by atoms with Crippen molar-refractivity contribution >= 4 is 28.4 Å². The minimum absolute atomic E-state index is 0.0879. The van der Waals surface area contributed by atoms with Crippen LogP contribution >= 0.6 is 22.6 Å². The molecule has 3 nitrogen and oxygen atoms in total. The van der Waals surface area contributed by atoms with Crippen LogP contribution in [-0.4, -0.2) is 10.2 Å². The number of nitrogen functional groups attached to an aromatic ring is 1. The third-order valence-corrected chi connectivity index (χ3v) is 2.11. The third kappa shape index (κ3) is 1.57. The highest BCUT2D eigenvalue weighted by Crippen LogP contribution is 2.32. The Morgan fingerprint density at radius 2 is 2.00 bits per heavy atom. The summed E-state index contributed by atoms with van der Waals surface area (Å²) >= 11 is 1.49. The summed E-state index contributed by atoms with van der Waals surface area (Å²) in [6.07, 6.45) is -4.40. The summed E-state index contributed by atoms with van der Waals surface area (Å²) in [7, 11) is 0. The van der Waals surface area contributed by atoms with Gasteiger partial charge < -0.3 is 5.73 Å². The van der Waals surface area contributed by atoms with Crippen LogP contribution in [0.4, 0.5) is 19.0 Å². The van der Waals surface area contributed by atoms with Crippen LogP contribution in [0.2, 0.25) is 0 Å². The number of H-pyrrole nitrogens is 1. The van der Waals surface area contributed by atoms with Crippen LogP contribution in [0.5, 0.6) is 0 Å². The van der Waals surface area contributed by atoms with E-state index in [4.69, 9.17) is 5.73 Å². The molecule has 0 aliphatic carbocycles. The minimum atomic E-state index is -4.40. The van der Waals surface area contributed by atoms with Crippen molar-refractivity contribution in [3.8, 4) is 0 Å². The van der Waals surface area contributed by atoms with Gasteiger partial charge in [0.2, 0.25) is 0 Å². The summed E-state index contributed by atoms with van der Waals surface area (Å²) in [5.74, 6) is -0.127. The molecule has 3 N–H and O–H groups in total. The molecular formula is C4H3F3IN3. The molecule has 7 heteroatoms. The van der Waals surface area contributed by atoms with Gasteiger partial charge in [-0.25, -0.2) is 0 Å². The maximum Gasteiger partial charge on any atom is 0.433 e. The van der Waals surface area contributed by atoms with E-state index < -0.39 is 11.9 Å². The fourth-order valence-corrected chi connectivity index (χ4v) is 1.08. The lowest BCUT2D eigenvalue weighted by Gasteiger charge is -2.01. The summed E-state index contributed by atoms with van der Waals surface area (Å²) in [6, 6.07) is 0. The zero-order valence-corrected chi connectivity index (χ0v) is 7.19. The van der Waals surface area contributed by atoms with Crippen LogP contribution in [0, 0.1) is 3.57 Å². The van der Waals surface area contributed by atoms with E-state index in [1.807, 2.05) is 0 Å². The molecule has 1 aromatic rings. The lowest BCUT2D eigenvalue weighted by atomic mass is 10.4. The largest absolute Gasteiger partial charge is 0.433 e. The van der Waals surface area contributed by atoms with Gasteiger partial charge in [0.05, 0.1) is 3.57 Å². The quantitative estimate of drug-likeness (QED) is 0.708. The average Bonchev–Trinajstić information content (AvgIpc) is 2.11. The molecule has 0 saturated carbocycles. The van der Waals surface area contributed by atoms with Crippen molar-refractivity contribution in [2.75, 3.05) is 5.73 Å². The first-order chi connectivity index (χ1) is 4.93. The second-order valence-corrected chi connectivity index (χ2v) is 2.87. The highest BCUT2D eigenvalue weighted by Gasteiger charge is 2.36. The van der Waals surface area contributed by atoms with Gasteiger partial charge in [0, 0.05) is 0 Å². The second-order valence-electron chi connectivity index (χ2n) is 1.80. The van der Waals surface area contributed by atoms with Gasteiger partial charge in [0.15, 0.2) is 11.5 Å². The summed E-state index contributed by atoms with van der Waals surface area (Å²) in [6.45, 7) is 0. The number of halogens is 4. The van der Waals surface area contributed by atoms with Crippen LogP contribution in [0.15, 0.2) is 0 Å². The van der Waals surface area contributed by atoms with Gasteiger partial charge in [-0.2, -0.15) is 18.3 Å². The first-order valence-electron chi connectivity index (χ1n) is 2.49. The van der Waals surface area contributed by atoms with Crippen LogP contribution in [0.25, 0.3) is 0 Å². The molecule has 0 aromatic carbocycles. The number of nitrogens with zero attached hydrogens (tertiary/aromatic N) is 1. The van der Waals surface area contributed by atoms with E-state index in [0.29, 0.717) is 0 Å². The molecule has 62 valence electrons. The van der Waals surface area contributed by atoms with Crippen LogP contribution < -0.4 is 5.73 Å². The molecule has 1 aromatic heterocycles. The van der Waals surface area contributed by atoms with Crippen LogP contribution in [0.3, 0.4) is 0 Å². The smallest absolute Gasteiger partial charge is 0.381 e. The molecular weight excluding hydrogens is 274 g/mol. The highest BCUT2D eigenvalue weighted by atomic mass is 127. The van der Waals surface area contributed by atoms with Gasteiger partial charge in [0.1, 0.15) is 0 Å². The fraction of sp³-hybridized carbons (Fsp3) is 0.250. The lowest BCUT2D eigenvalue weighted by molar-refractivity contribution is -0.141. The Balaban J connectivity index is 3.15. The SMILES string of the molecule is Nc1n[nH]c(C(F)(F)F)c1I. The molecule has 0 aliphatic heterocycles. The highest BCUT2D eigenvalue weighted by molar-refractivity contribution is 14.1. The number of nitrogens with one attached hydrogen (secondary N) is 1. The van der Waals surface area contributed by atoms with E-state index in [1.54, 1.807) is 5.10 Å². The molecule has 0 spiro atoms. The topological polar surface area (TPSA) is 54.7 Å². The van der Waals surface area contributed by atoms with Crippen molar-refractivity contribution in [3.63, 3.8) is 0 Å². The normalized spacial score (nSPS) is 12.0.